The molecule has 0 unspecified atom stereocenters. The monoisotopic (exact) mass is 316 g/mol. The van der Waals surface area contributed by atoms with Gasteiger partial charge in [0.1, 0.15) is 0 Å². The van der Waals surface area contributed by atoms with Crippen LogP contribution in [0.4, 0.5) is 5.69 Å². The summed E-state index contributed by atoms with van der Waals surface area (Å²) in [4.78, 5) is 25.7. The Kier molecular flexibility index (Phi) is 5.33. The van der Waals surface area contributed by atoms with Crippen LogP contribution in [0.1, 0.15) is 32.1 Å². The number of hydrogen-bond acceptors (Lipinski definition) is 3. The summed E-state index contributed by atoms with van der Waals surface area (Å²) in [7, 11) is 1.63. The first kappa shape index (κ1) is 16.2. The highest BCUT2D eigenvalue weighted by Crippen LogP contribution is 2.22. The van der Waals surface area contributed by atoms with Crippen LogP contribution in [0.15, 0.2) is 30.3 Å². The van der Waals surface area contributed by atoms with Gasteiger partial charge in [0.2, 0.25) is 5.91 Å². The predicted octanol–water partition coefficient (Wildman–Crippen LogP) is 3.30. The molecule has 0 bridgehead atoms. The fraction of sp³-hybridized carbons (Fsp3) is 0.294. The lowest BCUT2D eigenvalue weighted by molar-refractivity contribution is -0.120. The van der Waals surface area contributed by atoms with Crippen molar-refractivity contribution in [1.82, 2.24) is 5.32 Å². The van der Waals surface area contributed by atoms with Gasteiger partial charge in [-0.25, -0.2) is 0 Å². The Labute approximate surface area is 134 Å². The topological polar surface area (TPSA) is 58.2 Å². The summed E-state index contributed by atoms with van der Waals surface area (Å²) in [6.45, 7) is 3.94. The standard InChI is InChI=1S/C17H20N2O2S/c1-11-9-15(12(2)22-11)17(21)19-14-6-4-5-13(10-14)7-8-16(20)18-3/h4-6,9-10H,7-8H2,1-3H3,(H,18,20)(H,19,21). The summed E-state index contributed by atoms with van der Waals surface area (Å²) in [6.07, 6.45) is 1.09. The van der Waals surface area contributed by atoms with Crippen molar-refractivity contribution in [3.63, 3.8) is 0 Å². The molecule has 22 heavy (non-hydrogen) atoms. The van der Waals surface area contributed by atoms with Crippen molar-refractivity contribution in [2.24, 2.45) is 0 Å². The highest BCUT2D eigenvalue weighted by atomic mass is 32.1. The minimum atomic E-state index is -0.0923. The number of rotatable bonds is 5. The van der Waals surface area contributed by atoms with E-state index in [0.717, 1.165) is 26.6 Å². The first-order valence-electron chi connectivity index (χ1n) is 7.17. The molecule has 4 nitrogen and oxygen atoms in total. The van der Waals surface area contributed by atoms with Gasteiger partial charge >= 0.3 is 0 Å². The van der Waals surface area contributed by atoms with Gasteiger partial charge < -0.3 is 10.6 Å². The molecule has 0 saturated heterocycles. The van der Waals surface area contributed by atoms with Gasteiger partial charge in [0, 0.05) is 28.9 Å². The summed E-state index contributed by atoms with van der Waals surface area (Å²) in [5.41, 5.74) is 2.50. The molecule has 2 aromatic rings. The zero-order valence-electron chi connectivity index (χ0n) is 13.0. The molecule has 0 atom stereocenters. The number of amides is 2. The molecule has 0 radical (unpaired) electrons. The number of thiophene rings is 1. The van der Waals surface area contributed by atoms with Crippen molar-refractivity contribution in [3.8, 4) is 0 Å². The third-order valence-electron chi connectivity index (χ3n) is 3.39. The zero-order valence-corrected chi connectivity index (χ0v) is 13.8. The van der Waals surface area contributed by atoms with Crippen LogP contribution in [0, 0.1) is 13.8 Å². The Bertz CT molecular complexity index is 692. The summed E-state index contributed by atoms with van der Waals surface area (Å²) >= 11 is 1.62. The largest absolute Gasteiger partial charge is 0.359 e. The molecule has 2 N–H and O–H groups in total. The average Bonchev–Trinajstić information content (AvgIpc) is 2.84. The van der Waals surface area contributed by atoms with Crippen molar-refractivity contribution in [2.45, 2.75) is 26.7 Å². The molecule has 0 spiro atoms. The number of carbonyl (C=O) groups is 2. The Morgan fingerprint density at radius 2 is 1.95 bits per heavy atom. The number of hydrogen-bond donors (Lipinski definition) is 2. The lowest BCUT2D eigenvalue weighted by Crippen LogP contribution is -2.18. The van der Waals surface area contributed by atoms with Crippen molar-refractivity contribution in [2.75, 3.05) is 12.4 Å². The van der Waals surface area contributed by atoms with Crippen molar-refractivity contribution in [3.05, 3.63) is 51.2 Å². The fourth-order valence-corrected chi connectivity index (χ4v) is 3.16. The van der Waals surface area contributed by atoms with Gasteiger partial charge in [0.15, 0.2) is 0 Å². The van der Waals surface area contributed by atoms with E-state index in [2.05, 4.69) is 10.6 Å². The van der Waals surface area contributed by atoms with E-state index in [1.807, 2.05) is 44.2 Å². The Hall–Kier alpha value is -2.14. The quantitative estimate of drug-likeness (QED) is 0.889. The third kappa shape index (κ3) is 4.18. The van der Waals surface area contributed by atoms with Gasteiger partial charge in [-0.1, -0.05) is 12.1 Å². The molecule has 1 heterocycles. The normalized spacial score (nSPS) is 10.3. The first-order valence-corrected chi connectivity index (χ1v) is 7.99. The number of carbonyl (C=O) groups excluding carboxylic acids is 2. The number of aryl methyl sites for hydroxylation is 3. The van der Waals surface area contributed by atoms with Crippen molar-refractivity contribution in [1.29, 1.82) is 0 Å². The van der Waals surface area contributed by atoms with Crippen molar-refractivity contribution < 1.29 is 9.59 Å². The number of anilines is 1. The van der Waals surface area contributed by atoms with Gasteiger partial charge in [0.25, 0.3) is 5.91 Å². The Morgan fingerprint density at radius 3 is 2.59 bits per heavy atom. The number of benzene rings is 1. The second kappa shape index (κ2) is 7.22. The van der Waals surface area contributed by atoms with Gasteiger partial charge in [0.05, 0.1) is 5.56 Å². The van der Waals surface area contributed by atoms with Crippen LogP contribution in [0.3, 0.4) is 0 Å². The Morgan fingerprint density at radius 1 is 1.18 bits per heavy atom. The smallest absolute Gasteiger partial charge is 0.256 e. The lowest BCUT2D eigenvalue weighted by Gasteiger charge is -2.07. The van der Waals surface area contributed by atoms with Gasteiger partial charge in [-0.2, -0.15) is 0 Å². The van der Waals surface area contributed by atoms with Crippen LogP contribution < -0.4 is 10.6 Å². The minimum Gasteiger partial charge on any atom is -0.359 e. The van der Waals surface area contributed by atoms with Gasteiger partial charge in [-0.05, 0) is 44.0 Å². The second-order valence-electron chi connectivity index (χ2n) is 5.15. The average molecular weight is 316 g/mol. The van der Waals surface area contributed by atoms with E-state index in [9.17, 15) is 9.59 Å². The summed E-state index contributed by atoms with van der Waals surface area (Å²) in [5, 5.41) is 5.53. The van der Waals surface area contributed by atoms with Crippen LogP contribution in [-0.4, -0.2) is 18.9 Å². The highest BCUT2D eigenvalue weighted by Gasteiger charge is 2.12. The molecule has 2 amide bonds. The van der Waals surface area contributed by atoms with E-state index in [0.29, 0.717) is 12.8 Å². The highest BCUT2D eigenvalue weighted by molar-refractivity contribution is 7.12. The van der Waals surface area contributed by atoms with Crippen LogP contribution in [0.25, 0.3) is 0 Å². The van der Waals surface area contributed by atoms with E-state index >= 15 is 0 Å². The fourth-order valence-electron chi connectivity index (χ4n) is 2.24. The van der Waals surface area contributed by atoms with Crippen LogP contribution >= 0.6 is 11.3 Å². The lowest BCUT2D eigenvalue weighted by atomic mass is 10.1. The molecule has 0 aliphatic carbocycles. The van der Waals surface area contributed by atoms with E-state index in [-0.39, 0.29) is 11.8 Å². The maximum Gasteiger partial charge on any atom is 0.256 e. The maximum absolute atomic E-state index is 12.3. The van der Waals surface area contributed by atoms with Crippen LogP contribution in [0.5, 0.6) is 0 Å². The first-order chi connectivity index (χ1) is 10.5. The van der Waals surface area contributed by atoms with E-state index in [1.54, 1.807) is 18.4 Å². The van der Waals surface area contributed by atoms with E-state index in [1.165, 1.54) is 0 Å². The van der Waals surface area contributed by atoms with Gasteiger partial charge in [-0.3, -0.25) is 9.59 Å². The summed E-state index contributed by atoms with van der Waals surface area (Å²) in [5.74, 6) is -0.0795. The zero-order chi connectivity index (χ0) is 16.1. The van der Waals surface area contributed by atoms with Gasteiger partial charge in [-0.15, -0.1) is 11.3 Å². The molecule has 1 aromatic carbocycles. The van der Waals surface area contributed by atoms with E-state index < -0.39 is 0 Å². The molecule has 5 heteroatoms. The minimum absolute atomic E-state index is 0.0128. The summed E-state index contributed by atoms with van der Waals surface area (Å²) < 4.78 is 0. The molecule has 2 rings (SSSR count). The van der Waals surface area contributed by atoms with Crippen molar-refractivity contribution >= 4 is 28.8 Å². The SMILES string of the molecule is CNC(=O)CCc1cccc(NC(=O)c2cc(C)sc2C)c1. The second-order valence-corrected chi connectivity index (χ2v) is 6.62. The molecular weight excluding hydrogens is 296 g/mol. The van der Waals surface area contributed by atoms with Crippen LogP contribution in [0.2, 0.25) is 0 Å². The molecule has 116 valence electrons. The molecule has 0 fully saturated rings. The predicted molar refractivity (Wildman–Crippen MR) is 90.6 cm³/mol. The van der Waals surface area contributed by atoms with E-state index in [4.69, 9.17) is 0 Å². The summed E-state index contributed by atoms with van der Waals surface area (Å²) in [6, 6.07) is 9.52. The Balaban J connectivity index is 2.05. The molecule has 0 saturated carbocycles. The number of nitrogens with one attached hydrogen (secondary N) is 2. The molecular formula is C17H20N2O2S. The maximum atomic E-state index is 12.3. The molecule has 1 aromatic heterocycles. The van der Waals surface area contributed by atoms with Crippen LogP contribution in [-0.2, 0) is 11.2 Å². The third-order valence-corrected chi connectivity index (χ3v) is 4.36. The molecule has 0 aliphatic heterocycles. The molecule has 0 aliphatic rings.